The Morgan fingerprint density at radius 2 is 1.33 bits per heavy atom. The van der Waals surface area contributed by atoms with Crippen LogP contribution in [0.2, 0.25) is 0 Å². The third-order valence-corrected chi connectivity index (χ3v) is 5.48. The van der Waals surface area contributed by atoms with E-state index in [1.165, 1.54) is 82.6 Å². The Morgan fingerprint density at radius 3 is 2.04 bits per heavy atom. The minimum atomic E-state index is 0.301. The standard InChI is InChI=1S/C22H35NO/c24-19-20-13-7-4-2-1-3-5-8-15-21(16-11-10-14-20)22-17-9-6-12-18-23-22/h6,9,12,17-21,23H,1-5,7-8,10-11,13-16H2. The molecule has 1 heterocycles. The summed E-state index contributed by atoms with van der Waals surface area (Å²) >= 11 is 0. The van der Waals surface area contributed by atoms with Crippen LogP contribution in [0.3, 0.4) is 0 Å². The van der Waals surface area contributed by atoms with Gasteiger partial charge in [-0.1, -0.05) is 69.9 Å². The first kappa shape index (κ1) is 19.0. The molecule has 1 N–H and O–H groups in total. The van der Waals surface area contributed by atoms with Crippen LogP contribution >= 0.6 is 0 Å². The molecule has 0 bridgehead atoms. The van der Waals surface area contributed by atoms with Crippen LogP contribution in [0.25, 0.3) is 0 Å². The topological polar surface area (TPSA) is 29.1 Å². The lowest BCUT2D eigenvalue weighted by molar-refractivity contribution is -0.111. The minimum absolute atomic E-state index is 0.301. The van der Waals surface area contributed by atoms with Crippen molar-refractivity contribution >= 4 is 6.29 Å². The fraction of sp³-hybridized carbons (Fsp3) is 0.682. The molecule has 134 valence electrons. The summed E-state index contributed by atoms with van der Waals surface area (Å²) in [5.41, 5.74) is 1.37. The van der Waals surface area contributed by atoms with E-state index < -0.39 is 0 Å². The molecule has 0 aromatic rings. The van der Waals surface area contributed by atoms with Gasteiger partial charge in [-0.3, -0.25) is 0 Å². The van der Waals surface area contributed by atoms with Gasteiger partial charge in [-0.15, -0.1) is 0 Å². The van der Waals surface area contributed by atoms with Crippen molar-refractivity contribution in [1.29, 1.82) is 0 Å². The maximum atomic E-state index is 11.3. The molecule has 2 unspecified atom stereocenters. The zero-order chi connectivity index (χ0) is 16.9. The van der Waals surface area contributed by atoms with Gasteiger partial charge in [0.05, 0.1) is 0 Å². The van der Waals surface area contributed by atoms with Crippen LogP contribution in [0.5, 0.6) is 0 Å². The van der Waals surface area contributed by atoms with Gasteiger partial charge in [0.2, 0.25) is 0 Å². The van der Waals surface area contributed by atoms with Crippen molar-refractivity contribution < 1.29 is 4.79 Å². The lowest BCUT2D eigenvalue weighted by Crippen LogP contribution is -2.16. The van der Waals surface area contributed by atoms with Gasteiger partial charge in [-0.25, -0.2) is 0 Å². The number of hydrogen-bond donors (Lipinski definition) is 1. The van der Waals surface area contributed by atoms with Gasteiger partial charge in [0.25, 0.3) is 0 Å². The molecular weight excluding hydrogens is 294 g/mol. The highest BCUT2D eigenvalue weighted by Crippen LogP contribution is 2.26. The molecule has 0 saturated heterocycles. The molecule has 1 aliphatic carbocycles. The second-order valence-electron chi connectivity index (χ2n) is 7.44. The smallest absolute Gasteiger partial charge is 0.123 e. The SMILES string of the molecule is O=CC1CCCCCCCCCC(C2=CC=CC=CN2)CCCC1. The third-order valence-electron chi connectivity index (χ3n) is 5.48. The highest BCUT2D eigenvalue weighted by molar-refractivity contribution is 5.53. The normalized spacial score (nSPS) is 27.9. The number of nitrogens with one attached hydrogen (secondary N) is 1. The first-order chi connectivity index (χ1) is 11.9. The van der Waals surface area contributed by atoms with Crippen LogP contribution in [-0.4, -0.2) is 6.29 Å². The number of allylic oxidation sites excluding steroid dienone is 5. The number of carbonyl (C=O) groups excluding carboxylic acids is 1. The predicted molar refractivity (Wildman–Crippen MR) is 103 cm³/mol. The number of rotatable bonds is 2. The zero-order valence-electron chi connectivity index (χ0n) is 15.2. The van der Waals surface area contributed by atoms with E-state index in [2.05, 4.69) is 29.6 Å². The average molecular weight is 330 g/mol. The maximum absolute atomic E-state index is 11.3. The molecule has 2 rings (SSSR count). The third kappa shape index (κ3) is 7.51. The van der Waals surface area contributed by atoms with Gasteiger partial charge in [0.15, 0.2) is 0 Å². The summed E-state index contributed by atoms with van der Waals surface area (Å²) in [6, 6.07) is 0. The summed E-state index contributed by atoms with van der Waals surface area (Å²) in [6.07, 6.45) is 28.3. The highest BCUT2D eigenvalue weighted by atomic mass is 16.1. The van der Waals surface area contributed by atoms with Crippen molar-refractivity contribution in [3.63, 3.8) is 0 Å². The molecule has 2 atom stereocenters. The van der Waals surface area contributed by atoms with Crippen molar-refractivity contribution in [3.05, 3.63) is 36.2 Å². The molecule has 1 fully saturated rings. The number of carbonyl (C=O) groups is 1. The van der Waals surface area contributed by atoms with Crippen molar-refractivity contribution in [2.75, 3.05) is 0 Å². The van der Waals surface area contributed by atoms with Crippen LogP contribution < -0.4 is 5.32 Å². The summed E-state index contributed by atoms with van der Waals surface area (Å²) in [5.74, 6) is 0.937. The molecule has 0 aromatic carbocycles. The lowest BCUT2D eigenvalue weighted by atomic mass is 9.90. The van der Waals surface area contributed by atoms with Crippen molar-refractivity contribution in [1.82, 2.24) is 5.32 Å². The molecule has 1 saturated carbocycles. The second-order valence-corrected chi connectivity index (χ2v) is 7.44. The molecule has 2 aliphatic rings. The van der Waals surface area contributed by atoms with Gasteiger partial charge in [0, 0.05) is 17.8 Å². The van der Waals surface area contributed by atoms with E-state index in [9.17, 15) is 4.79 Å². The molecule has 24 heavy (non-hydrogen) atoms. The first-order valence-electron chi connectivity index (χ1n) is 10.2. The predicted octanol–water partition coefficient (Wildman–Crippen LogP) is 6.06. The van der Waals surface area contributed by atoms with E-state index in [0.29, 0.717) is 11.8 Å². The Balaban J connectivity index is 1.89. The fourth-order valence-corrected chi connectivity index (χ4v) is 3.94. The highest BCUT2D eigenvalue weighted by Gasteiger charge is 2.15. The van der Waals surface area contributed by atoms with E-state index in [4.69, 9.17) is 0 Å². The van der Waals surface area contributed by atoms with Crippen LogP contribution in [0.15, 0.2) is 36.2 Å². The zero-order valence-corrected chi connectivity index (χ0v) is 15.2. The summed E-state index contributed by atoms with van der Waals surface area (Å²) in [7, 11) is 0. The Labute approximate surface area is 148 Å². The molecular formula is C22H35NO. The van der Waals surface area contributed by atoms with E-state index >= 15 is 0 Å². The minimum Gasteiger partial charge on any atom is -0.365 e. The Bertz CT molecular complexity index is 435. The van der Waals surface area contributed by atoms with E-state index in [1.807, 2.05) is 6.20 Å². The van der Waals surface area contributed by atoms with E-state index in [-0.39, 0.29) is 0 Å². The molecule has 0 aromatic heterocycles. The number of hydrogen-bond acceptors (Lipinski definition) is 2. The van der Waals surface area contributed by atoms with Gasteiger partial charge >= 0.3 is 0 Å². The second kappa shape index (κ2) is 12.1. The van der Waals surface area contributed by atoms with Gasteiger partial charge < -0.3 is 10.1 Å². The van der Waals surface area contributed by atoms with Gasteiger partial charge in [-0.2, -0.15) is 0 Å². The molecule has 0 spiro atoms. The van der Waals surface area contributed by atoms with Crippen molar-refractivity contribution in [3.8, 4) is 0 Å². The molecule has 2 nitrogen and oxygen atoms in total. The Kier molecular flexibility index (Phi) is 9.60. The summed E-state index contributed by atoms with van der Waals surface area (Å²) in [4.78, 5) is 11.3. The Hall–Kier alpha value is -1.31. The van der Waals surface area contributed by atoms with Gasteiger partial charge in [0.1, 0.15) is 6.29 Å². The largest absolute Gasteiger partial charge is 0.365 e. The fourth-order valence-electron chi connectivity index (χ4n) is 3.94. The van der Waals surface area contributed by atoms with Crippen molar-refractivity contribution in [2.45, 2.75) is 83.5 Å². The maximum Gasteiger partial charge on any atom is 0.123 e. The van der Waals surface area contributed by atoms with Crippen molar-refractivity contribution in [2.24, 2.45) is 11.8 Å². The Morgan fingerprint density at radius 1 is 0.750 bits per heavy atom. The van der Waals surface area contributed by atoms with Crippen LogP contribution in [0, 0.1) is 11.8 Å². The molecule has 2 heteroatoms. The molecule has 0 radical (unpaired) electrons. The quantitative estimate of drug-likeness (QED) is 0.624. The number of aldehydes is 1. The van der Waals surface area contributed by atoms with Crippen LogP contribution in [0.1, 0.15) is 83.5 Å². The summed E-state index contributed by atoms with van der Waals surface area (Å²) in [5, 5.41) is 3.48. The summed E-state index contributed by atoms with van der Waals surface area (Å²) < 4.78 is 0. The van der Waals surface area contributed by atoms with E-state index in [0.717, 1.165) is 12.8 Å². The molecule has 1 aliphatic heterocycles. The average Bonchev–Trinajstić information content (AvgIpc) is 2.89. The first-order valence-corrected chi connectivity index (χ1v) is 10.2. The van der Waals surface area contributed by atoms with Crippen LogP contribution in [-0.2, 0) is 4.79 Å². The van der Waals surface area contributed by atoms with Crippen LogP contribution in [0.4, 0.5) is 0 Å². The van der Waals surface area contributed by atoms with E-state index in [1.54, 1.807) is 0 Å². The molecule has 0 amide bonds. The van der Waals surface area contributed by atoms with Gasteiger partial charge in [-0.05, 0) is 43.8 Å². The summed E-state index contributed by atoms with van der Waals surface area (Å²) in [6.45, 7) is 0. The monoisotopic (exact) mass is 329 g/mol. The lowest BCUT2D eigenvalue weighted by Gasteiger charge is -2.20.